The van der Waals surface area contributed by atoms with Gasteiger partial charge >= 0.3 is 18.0 Å². The van der Waals surface area contributed by atoms with Crippen LogP contribution in [0.15, 0.2) is 110 Å². The number of isocyanates is 1. The minimum atomic E-state index is -0.483. The predicted octanol–water partition coefficient (Wildman–Crippen LogP) is 10.6. The number of alkyl halides is 2. The Morgan fingerprint density at radius 3 is 1.72 bits per heavy atom. The van der Waals surface area contributed by atoms with Crippen molar-refractivity contribution < 1.29 is 28.7 Å². The van der Waals surface area contributed by atoms with Crippen molar-refractivity contribution in [1.82, 2.24) is 5.32 Å². The fraction of sp³-hybridized carbons (Fsp3) is 0.158. The third kappa shape index (κ3) is 13.3. The second kappa shape index (κ2) is 22.9. The number of anilines is 1. The highest BCUT2D eigenvalue weighted by molar-refractivity contribution is 9.10. The number of esters is 2. The highest BCUT2D eigenvalue weighted by Gasteiger charge is 2.29. The second-order valence-corrected chi connectivity index (χ2v) is 14.1. The molecule has 4 aromatic carbocycles. The van der Waals surface area contributed by atoms with Gasteiger partial charge in [-0.2, -0.15) is 4.99 Å². The lowest BCUT2D eigenvalue weighted by Crippen LogP contribution is -2.29. The van der Waals surface area contributed by atoms with Gasteiger partial charge in [0.1, 0.15) is 0 Å². The van der Waals surface area contributed by atoms with E-state index in [1.807, 2.05) is 36.4 Å². The molecule has 0 bridgehead atoms. The number of carbonyl (C=O) groups excluding carboxylic acids is 4. The van der Waals surface area contributed by atoms with E-state index in [1.54, 1.807) is 48.5 Å². The monoisotopic (exact) mass is 940 g/mol. The molecule has 284 valence electrons. The number of halogens is 6. The van der Waals surface area contributed by atoms with E-state index < -0.39 is 12.0 Å². The van der Waals surface area contributed by atoms with Crippen molar-refractivity contribution in [2.24, 2.45) is 10.7 Å². The summed E-state index contributed by atoms with van der Waals surface area (Å²) in [5.74, 6) is -0.851. The molecular formula is C38H34Br2Cl4N4O6. The summed E-state index contributed by atoms with van der Waals surface area (Å²) in [4.78, 5) is 49.1. The van der Waals surface area contributed by atoms with E-state index in [0.29, 0.717) is 56.8 Å². The van der Waals surface area contributed by atoms with Gasteiger partial charge in [-0.1, -0.05) is 74.6 Å². The van der Waals surface area contributed by atoms with Crippen LogP contribution in [0.5, 0.6) is 0 Å². The van der Waals surface area contributed by atoms with Crippen molar-refractivity contribution in [2.45, 2.75) is 20.3 Å². The van der Waals surface area contributed by atoms with Gasteiger partial charge in [-0.3, -0.25) is 0 Å². The molecule has 2 amide bonds. The third-order valence-corrected chi connectivity index (χ3v) is 8.68. The number of ether oxygens (including phenoxy) is 2. The van der Waals surface area contributed by atoms with Crippen LogP contribution in [0.1, 0.15) is 29.7 Å². The van der Waals surface area contributed by atoms with E-state index in [-0.39, 0.29) is 18.7 Å². The molecule has 0 unspecified atom stereocenters. The Bertz CT molecular complexity index is 2070. The fourth-order valence-electron chi connectivity index (χ4n) is 5.00. The Hall–Kier alpha value is -4.13. The number of methoxy groups -OCH3 is 2. The molecule has 4 aromatic rings. The Kier molecular flexibility index (Phi) is 19.6. The maximum absolute atomic E-state index is 12.3. The lowest BCUT2D eigenvalue weighted by Gasteiger charge is -2.10. The van der Waals surface area contributed by atoms with Gasteiger partial charge < -0.3 is 25.8 Å². The first-order valence-electron chi connectivity index (χ1n) is 15.1. The van der Waals surface area contributed by atoms with Gasteiger partial charge in [-0.25, -0.2) is 19.2 Å². The number of hydrogen-bond donors (Lipinski definition) is 3. The zero-order chi connectivity index (χ0) is 39.1. The molecule has 0 heterocycles. The molecule has 0 saturated carbocycles. The van der Waals surface area contributed by atoms with Crippen molar-refractivity contribution in [1.29, 1.82) is 0 Å². The molecule has 6 rings (SSSR count). The maximum atomic E-state index is 12.3. The maximum Gasteiger partial charge on any atom is 0.340 e. The highest BCUT2D eigenvalue weighted by Crippen LogP contribution is 2.35. The largest absolute Gasteiger partial charge is 0.465 e. The number of hydrogen-bond acceptors (Lipinski definition) is 8. The molecule has 0 aliphatic heterocycles. The lowest BCUT2D eigenvalue weighted by atomic mass is 10.1. The Morgan fingerprint density at radius 1 is 0.759 bits per heavy atom. The molecule has 54 heavy (non-hydrogen) atoms. The molecule has 2 aliphatic rings. The highest BCUT2D eigenvalue weighted by atomic mass is 79.9. The van der Waals surface area contributed by atoms with Crippen LogP contribution in [0, 0.1) is 0 Å². The van der Waals surface area contributed by atoms with Crippen molar-refractivity contribution in [3.05, 3.63) is 138 Å². The van der Waals surface area contributed by atoms with Crippen LogP contribution < -0.4 is 16.4 Å². The molecular weight excluding hydrogens is 910 g/mol. The van der Waals surface area contributed by atoms with Crippen LogP contribution in [0.3, 0.4) is 0 Å². The van der Waals surface area contributed by atoms with Crippen LogP contribution in [-0.2, 0) is 36.7 Å². The number of benzene rings is 4. The molecule has 0 saturated heterocycles. The van der Waals surface area contributed by atoms with Crippen LogP contribution >= 0.6 is 78.3 Å². The number of amides is 2. The van der Waals surface area contributed by atoms with Gasteiger partial charge in [0.2, 0.25) is 6.08 Å². The summed E-state index contributed by atoms with van der Waals surface area (Å²) in [6, 6.07) is 24.3. The summed E-state index contributed by atoms with van der Waals surface area (Å²) in [6.45, 7) is 0. The van der Waals surface area contributed by atoms with E-state index in [0.717, 1.165) is 31.2 Å². The van der Waals surface area contributed by atoms with Crippen LogP contribution in [0.25, 0.3) is 11.1 Å². The lowest BCUT2D eigenvalue weighted by molar-refractivity contribution is -0.134. The number of nitrogens with two attached hydrogens (primary N) is 1. The van der Waals surface area contributed by atoms with Crippen LogP contribution in [0.2, 0.25) is 10.0 Å². The third-order valence-electron chi connectivity index (χ3n) is 7.19. The molecule has 4 N–H and O–H groups in total. The summed E-state index contributed by atoms with van der Waals surface area (Å²) in [7, 11) is 2.68. The van der Waals surface area contributed by atoms with E-state index in [1.165, 1.54) is 20.3 Å². The zero-order valence-corrected chi connectivity index (χ0v) is 34.1. The van der Waals surface area contributed by atoms with Gasteiger partial charge in [-0.15, -0.1) is 23.2 Å². The number of allylic oxidation sites excluding steroid dienone is 2. The Balaban J connectivity index is 0.000000295. The summed E-state index contributed by atoms with van der Waals surface area (Å²) >= 11 is 27.7. The summed E-state index contributed by atoms with van der Waals surface area (Å²) in [6.07, 6.45) is 2.48. The quantitative estimate of drug-likeness (QED) is 0.0780. The van der Waals surface area contributed by atoms with E-state index >= 15 is 0 Å². The molecule has 0 fully saturated rings. The zero-order valence-electron chi connectivity index (χ0n) is 27.9. The number of aliphatic imine (C=N–C) groups is 1. The SMILES string of the molecule is C.COC(=O)C1=C(N)Cc2cc(Br)ccc21.COC(=O)C1=C(NC(=O)Nc2ccc(Cl)cc2)Cc2cc(Br)ccc21.ClCCl.O=C=Nc1ccc(Cl)cc1. The standard InChI is InChI=1S/C18H14BrClN2O3.C11H10BrNO2.C7H4ClNO.CH2Cl2.CH4/c1-25-17(23)16-14-7-2-11(19)8-10(14)9-15(16)22-18(24)21-13-5-3-12(20)4-6-13;1-15-11(14)10-8-3-2-7(12)4-6(8)5-9(10)13;8-6-1-3-7(4-2-6)9-5-10;2-1-3;/h2-8H,9H2,1H3,(H2,21,22,24);2-4H,5,13H2,1H3;1-4H;1H2;1H4. The molecule has 16 heteroatoms. The fourth-order valence-corrected chi connectivity index (χ4v) is 6.07. The molecule has 2 aliphatic carbocycles. The summed E-state index contributed by atoms with van der Waals surface area (Å²) in [5, 5.41) is 6.87. The van der Waals surface area contributed by atoms with Gasteiger partial charge in [0.15, 0.2) is 0 Å². The summed E-state index contributed by atoms with van der Waals surface area (Å²) in [5.41, 5.74) is 12.6. The predicted molar refractivity (Wildman–Crippen MR) is 224 cm³/mol. The number of urea groups is 1. The van der Waals surface area contributed by atoms with Crippen LogP contribution in [0.4, 0.5) is 16.2 Å². The smallest absolute Gasteiger partial charge is 0.340 e. The van der Waals surface area contributed by atoms with Crippen molar-refractivity contribution in [3.8, 4) is 0 Å². The molecule has 0 radical (unpaired) electrons. The molecule has 0 atom stereocenters. The Labute approximate surface area is 350 Å². The minimum Gasteiger partial charge on any atom is -0.465 e. The van der Waals surface area contributed by atoms with E-state index in [9.17, 15) is 19.2 Å². The van der Waals surface area contributed by atoms with Gasteiger partial charge in [-0.05, 0) is 95.1 Å². The number of carbonyl (C=O) groups is 3. The van der Waals surface area contributed by atoms with Gasteiger partial charge in [0, 0.05) is 48.9 Å². The first-order valence-corrected chi connectivity index (χ1v) is 18.5. The normalized spacial score (nSPS) is 11.6. The van der Waals surface area contributed by atoms with Gasteiger partial charge in [0.05, 0.1) is 36.4 Å². The van der Waals surface area contributed by atoms with Crippen molar-refractivity contribution >= 4 is 125 Å². The number of rotatable bonds is 5. The van der Waals surface area contributed by atoms with Crippen molar-refractivity contribution in [3.63, 3.8) is 0 Å². The first kappa shape index (κ1) is 46.0. The van der Waals surface area contributed by atoms with E-state index in [2.05, 4.69) is 47.5 Å². The molecule has 0 aromatic heterocycles. The molecule has 10 nitrogen and oxygen atoms in total. The van der Waals surface area contributed by atoms with E-state index in [4.69, 9.17) is 61.6 Å². The average molecular weight is 944 g/mol. The number of fused-ring (bicyclic) bond motifs is 2. The van der Waals surface area contributed by atoms with Crippen LogP contribution in [-0.4, -0.2) is 43.6 Å². The van der Waals surface area contributed by atoms with Gasteiger partial charge in [0.25, 0.3) is 0 Å². The number of nitrogens with zero attached hydrogens (tertiary/aromatic N) is 1. The minimum absolute atomic E-state index is 0. The molecule has 0 spiro atoms. The topological polar surface area (TPSA) is 149 Å². The average Bonchev–Trinajstić information content (AvgIpc) is 3.65. The van der Waals surface area contributed by atoms with Crippen molar-refractivity contribution in [2.75, 3.05) is 24.9 Å². The Morgan fingerprint density at radius 2 is 1.22 bits per heavy atom. The second-order valence-electron chi connectivity index (χ2n) is 10.6. The first-order chi connectivity index (χ1) is 25.3. The summed E-state index contributed by atoms with van der Waals surface area (Å²) < 4.78 is 11.5. The number of nitrogens with one attached hydrogen (secondary N) is 2.